The van der Waals surface area contributed by atoms with Crippen molar-refractivity contribution >= 4 is 35.6 Å². The van der Waals surface area contributed by atoms with Gasteiger partial charge in [-0.1, -0.05) is 0 Å². The minimum absolute atomic E-state index is 0.00894. The summed E-state index contributed by atoms with van der Waals surface area (Å²) in [5, 5.41) is 8.67. The van der Waals surface area contributed by atoms with E-state index in [9.17, 15) is 28.8 Å². The molecular weight excluding hydrogens is 540 g/mol. The Morgan fingerprint density at radius 1 is 0.525 bits per heavy atom. The molecule has 4 rings (SSSR count). The number of aliphatic carboxylic acids is 1. The van der Waals surface area contributed by atoms with Crippen LogP contribution in [-0.4, -0.2) is 116 Å². The van der Waals surface area contributed by atoms with Crippen LogP contribution >= 0.6 is 0 Å². The number of ether oxygens (including phenoxy) is 8. The van der Waals surface area contributed by atoms with E-state index in [2.05, 4.69) is 0 Å². The number of rotatable bonds is 13. The Kier molecular flexibility index (Phi) is 10.1. The van der Waals surface area contributed by atoms with Crippen molar-refractivity contribution in [3.05, 3.63) is 0 Å². The second kappa shape index (κ2) is 13.5. The number of hydrogen-bond donors (Lipinski definition) is 1. The molecule has 4 aliphatic heterocycles. The molecule has 4 fully saturated rings. The molecule has 222 valence electrons. The van der Waals surface area contributed by atoms with E-state index < -0.39 is 78.7 Å². The zero-order valence-electron chi connectivity index (χ0n) is 21.9. The number of hydrogen-bond acceptors (Lipinski definition) is 14. The molecule has 0 aliphatic carbocycles. The van der Waals surface area contributed by atoms with E-state index in [0.717, 1.165) is 0 Å². The van der Waals surface area contributed by atoms with Crippen LogP contribution in [-0.2, 0) is 66.7 Å². The predicted octanol–water partition coefficient (Wildman–Crippen LogP) is -0.757. The maximum Gasteiger partial charge on any atom is 0.306 e. The third kappa shape index (κ3) is 7.74. The first-order valence-corrected chi connectivity index (χ1v) is 13.1. The van der Waals surface area contributed by atoms with Crippen LogP contribution in [0.3, 0.4) is 0 Å². The van der Waals surface area contributed by atoms with Crippen molar-refractivity contribution in [3.8, 4) is 0 Å². The number of Topliss-reactive ketones (excluding diaryl/α,β-unsaturated/α-hetero) is 1. The van der Waals surface area contributed by atoms with Crippen LogP contribution < -0.4 is 0 Å². The average molecular weight is 573 g/mol. The van der Waals surface area contributed by atoms with Gasteiger partial charge in [-0.3, -0.25) is 24.0 Å². The second-order valence-electron chi connectivity index (χ2n) is 9.90. The lowest BCUT2D eigenvalue weighted by Crippen LogP contribution is -2.36. The third-order valence-electron chi connectivity index (χ3n) is 6.81. The molecule has 0 radical (unpaired) electrons. The van der Waals surface area contributed by atoms with Gasteiger partial charge in [0.2, 0.25) is 0 Å². The van der Waals surface area contributed by atoms with Crippen molar-refractivity contribution < 1.29 is 71.8 Å². The smallest absolute Gasteiger partial charge is 0.306 e. The highest BCUT2D eigenvalue weighted by Crippen LogP contribution is 2.32. The number of esters is 4. The summed E-state index contributed by atoms with van der Waals surface area (Å²) in [6.45, 7) is 1.51. The van der Waals surface area contributed by atoms with Crippen LogP contribution in [0, 0.1) is 0 Å². The largest absolute Gasteiger partial charge is 0.481 e. The van der Waals surface area contributed by atoms with E-state index in [-0.39, 0.29) is 70.7 Å². The quantitative estimate of drug-likeness (QED) is 0.213. The minimum atomic E-state index is -1.12. The van der Waals surface area contributed by atoms with Crippen LogP contribution in [0.2, 0.25) is 0 Å². The van der Waals surface area contributed by atoms with Crippen molar-refractivity contribution in [3.63, 3.8) is 0 Å². The summed E-state index contributed by atoms with van der Waals surface area (Å²) in [5.74, 6) is -3.81. The highest BCUT2D eigenvalue weighted by atomic mass is 16.7. The number of carbonyl (C=O) groups excluding carboxylic acids is 5. The zero-order chi connectivity index (χ0) is 28.8. The van der Waals surface area contributed by atoms with E-state index in [1.54, 1.807) is 0 Å². The van der Waals surface area contributed by atoms with E-state index in [1.165, 1.54) is 6.92 Å². The van der Waals surface area contributed by atoms with Gasteiger partial charge in [-0.25, -0.2) is 0 Å². The monoisotopic (exact) mass is 572 g/mol. The molecule has 0 unspecified atom stereocenters. The Morgan fingerprint density at radius 3 is 1.07 bits per heavy atom. The highest BCUT2D eigenvalue weighted by molar-refractivity contribution is 5.81. The van der Waals surface area contributed by atoms with Crippen LogP contribution in [0.15, 0.2) is 0 Å². The van der Waals surface area contributed by atoms with Gasteiger partial charge in [0.15, 0.2) is 24.4 Å². The molecule has 8 atom stereocenters. The fourth-order valence-electron chi connectivity index (χ4n) is 4.86. The summed E-state index contributed by atoms with van der Waals surface area (Å²) in [6, 6.07) is 0. The zero-order valence-corrected chi connectivity index (χ0v) is 21.9. The summed E-state index contributed by atoms with van der Waals surface area (Å²) in [6.07, 6.45) is -6.59. The molecule has 40 heavy (non-hydrogen) atoms. The Bertz CT molecular complexity index is 917. The molecule has 0 spiro atoms. The maximum absolute atomic E-state index is 12.4. The molecule has 0 saturated carbocycles. The Hall–Kier alpha value is -3.14. The van der Waals surface area contributed by atoms with Gasteiger partial charge in [0.05, 0.1) is 58.5 Å². The minimum Gasteiger partial charge on any atom is -0.481 e. The molecule has 15 nitrogen and oxygen atoms in total. The molecule has 0 amide bonds. The molecule has 4 saturated heterocycles. The fraction of sp³-hybridized carbons (Fsp3) is 0.760. The van der Waals surface area contributed by atoms with Crippen molar-refractivity contribution in [1.82, 2.24) is 0 Å². The first kappa shape index (κ1) is 29.8. The average Bonchev–Trinajstić information content (AvgIpc) is 3.66. The SMILES string of the molecule is CC(=O)CCC(=O)O[C@H]1CO[C@H]2[C@@H]1OC[C@H]2OC(=O)CCC(=O)O[C@H]1CO[C@H]2[C@@H]1OC[C@H]2OC(=O)CCC(=O)O. The normalized spacial score (nSPS) is 32.1. The summed E-state index contributed by atoms with van der Waals surface area (Å²) in [7, 11) is 0. The lowest BCUT2D eigenvalue weighted by atomic mass is 10.1. The molecule has 1 N–H and O–H groups in total. The number of carbonyl (C=O) groups is 6. The van der Waals surface area contributed by atoms with Crippen LogP contribution in [0.5, 0.6) is 0 Å². The highest BCUT2D eigenvalue weighted by Gasteiger charge is 2.52. The van der Waals surface area contributed by atoms with Gasteiger partial charge in [0, 0.05) is 6.42 Å². The Morgan fingerprint density at radius 2 is 0.800 bits per heavy atom. The van der Waals surface area contributed by atoms with E-state index >= 15 is 0 Å². The number of carboxylic acids is 1. The number of carboxylic acid groups (broad SMARTS) is 1. The molecule has 4 heterocycles. The molecule has 0 bridgehead atoms. The van der Waals surface area contributed by atoms with Gasteiger partial charge >= 0.3 is 29.8 Å². The molecule has 4 aliphatic rings. The number of fused-ring (bicyclic) bond motifs is 2. The van der Waals surface area contributed by atoms with Gasteiger partial charge < -0.3 is 47.8 Å². The van der Waals surface area contributed by atoms with Crippen molar-refractivity contribution in [2.24, 2.45) is 0 Å². The van der Waals surface area contributed by atoms with Gasteiger partial charge in [0.25, 0.3) is 0 Å². The van der Waals surface area contributed by atoms with E-state index in [1.807, 2.05) is 0 Å². The second-order valence-corrected chi connectivity index (χ2v) is 9.90. The van der Waals surface area contributed by atoms with Crippen molar-refractivity contribution in [2.45, 2.75) is 94.3 Å². The Labute approximate surface area is 228 Å². The lowest BCUT2D eigenvalue weighted by Gasteiger charge is -2.18. The van der Waals surface area contributed by atoms with Gasteiger partial charge in [-0.05, 0) is 6.92 Å². The van der Waals surface area contributed by atoms with E-state index in [0.29, 0.717) is 0 Å². The predicted molar refractivity (Wildman–Crippen MR) is 124 cm³/mol. The first-order chi connectivity index (χ1) is 19.1. The van der Waals surface area contributed by atoms with Gasteiger partial charge in [0.1, 0.15) is 30.2 Å². The summed E-state index contributed by atoms with van der Waals surface area (Å²) in [5.41, 5.74) is 0. The summed E-state index contributed by atoms with van der Waals surface area (Å²) < 4.78 is 43.8. The standard InChI is InChI=1S/C25H32O15/c1-12(26)2-4-18(29)37-13-8-33-24-15(10-35-22(13)24)39-20(31)6-7-21(32)40-16-11-36-23-14(9-34-25(16)23)38-19(30)5-3-17(27)28/h13-16,22-25H,2-11H2,1H3,(H,27,28)/t13-,14+,15+,16-,22+,23+,24+,25+/m0/s1. The topological polar surface area (TPSA) is 196 Å². The molecular formula is C25H32O15. The van der Waals surface area contributed by atoms with Crippen molar-refractivity contribution in [2.75, 3.05) is 26.4 Å². The molecule has 15 heteroatoms. The van der Waals surface area contributed by atoms with Crippen LogP contribution in [0.25, 0.3) is 0 Å². The van der Waals surface area contributed by atoms with Gasteiger partial charge in [-0.15, -0.1) is 0 Å². The van der Waals surface area contributed by atoms with Crippen molar-refractivity contribution in [1.29, 1.82) is 0 Å². The summed E-state index contributed by atoms with van der Waals surface area (Å²) in [4.78, 5) is 70.1. The van der Waals surface area contributed by atoms with E-state index in [4.69, 9.17) is 43.0 Å². The molecule has 0 aromatic carbocycles. The number of ketones is 1. The first-order valence-electron chi connectivity index (χ1n) is 13.1. The van der Waals surface area contributed by atoms with Gasteiger partial charge in [-0.2, -0.15) is 0 Å². The molecule has 0 aromatic heterocycles. The fourth-order valence-corrected chi connectivity index (χ4v) is 4.86. The molecule has 0 aromatic rings. The van der Waals surface area contributed by atoms with Crippen LogP contribution in [0.1, 0.15) is 45.4 Å². The Balaban J connectivity index is 1.14. The summed E-state index contributed by atoms with van der Waals surface area (Å²) >= 11 is 0. The third-order valence-corrected chi connectivity index (χ3v) is 6.81. The maximum atomic E-state index is 12.4. The van der Waals surface area contributed by atoms with Crippen LogP contribution in [0.4, 0.5) is 0 Å². The lowest BCUT2D eigenvalue weighted by molar-refractivity contribution is -0.161.